The topological polar surface area (TPSA) is 78.4 Å². The summed E-state index contributed by atoms with van der Waals surface area (Å²) in [5, 5.41) is 14.3. The predicted molar refractivity (Wildman–Crippen MR) is 82.2 cm³/mol. The lowest BCUT2D eigenvalue weighted by atomic mass is 10.0. The van der Waals surface area contributed by atoms with Crippen LogP contribution in [0.2, 0.25) is 0 Å². The number of carboxylic acids is 1. The van der Waals surface area contributed by atoms with Crippen molar-refractivity contribution in [2.45, 2.75) is 45.7 Å². The monoisotopic (exact) mass is 292 g/mol. The van der Waals surface area contributed by atoms with Gasteiger partial charge < -0.3 is 15.7 Å². The molecule has 0 radical (unpaired) electrons. The van der Waals surface area contributed by atoms with E-state index in [1.165, 1.54) is 5.56 Å². The Kier molecular flexibility index (Phi) is 6.72. The smallest absolute Gasteiger partial charge is 0.326 e. The van der Waals surface area contributed by atoms with Crippen LogP contribution in [0, 0.1) is 5.92 Å². The van der Waals surface area contributed by atoms with Gasteiger partial charge in [0.25, 0.3) is 0 Å². The molecule has 0 aromatic heterocycles. The summed E-state index contributed by atoms with van der Waals surface area (Å²) in [5.41, 5.74) is 1.22. The number of nitrogens with one attached hydrogen (secondary N) is 2. The van der Waals surface area contributed by atoms with Gasteiger partial charge in [0.15, 0.2) is 0 Å². The Balaban J connectivity index is 2.38. The first-order valence-corrected chi connectivity index (χ1v) is 7.24. The second kappa shape index (κ2) is 8.29. The number of carbonyl (C=O) groups excluding carboxylic acids is 1. The number of aryl methyl sites for hydroxylation is 1. The quantitative estimate of drug-likeness (QED) is 0.722. The second-order valence-corrected chi connectivity index (χ2v) is 5.60. The summed E-state index contributed by atoms with van der Waals surface area (Å²) in [6.45, 7) is 5.43. The Labute approximate surface area is 125 Å². The number of aliphatic carboxylic acids is 1. The molecule has 1 rings (SSSR count). The lowest BCUT2D eigenvalue weighted by Gasteiger charge is -2.20. The summed E-state index contributed by atoms with van der Waals surface area (Å²) >= 11 is 0. The molecule has 2 atom stereocenters. The fourth-order valence-corrected chi connectivity index (χ4v) is 2.02. The van der Waals surface area contributed by atoms with Gasteiger partial charge in [-0.1, -0.05) is 44.2 Å². The van der Waals surface area contributed by atoms with Crippen molar-refractivity contribution in [2.24, 2.45) is 5.92 Å². The zero-order valence-electron chi connectivity index (χ0n) is 12.8. The zero-order valence-corrected chi connectivity index (χ0v) is 12.8. The van der Waals surface area contributed by atoms with E-state index in [0.29, 0.717) is 0 Å². The third-order valence-electron chi connectivity index (χ3n) is 3.31. The van der Waals surface area contributed by atoms with E-state index in [2.05, 4.69) is 10.6 Å². The van der Waals surface area contributed by atoms with Crippen LogP contribution in [0.15, 0.2) is 30.3 Å². The fourth-order valence-electron chi connectivity index (χ4n) is 2.02. The Morgan fingerprint density at radius 3 is 2.24 bits per heavy atom. The van der Waals surface area contributed by atoms with Crippen molar-refractivity contribution >= 4 is 12.0 Å². The summed E-state index contributed by atoms with van der Waals surface area (Å²) in [5.74, 6) is -1.18. The van der Waals surface area contributed by atoms with Gasteiger partial charge in [-0.05, 0) is 31.2 Å². The molecule has 0 saturated heterocycles. The number of benzene rings is 1. The highest BCUT2D eigenvalue weighted by Crippen LogP contribution is 2.05. The van der Waals surface area contributed by atoms with E-state index in [4.69, 9.17) is 5.11 Å². The fraction of sp³-hybridized carbons (Fsp3) is 0.500. The van der Waals surface area contributed by atoms with Gasteiger partial charge in [-0.3, -0.25) is 0 Å². The molecule has 0 fully saturated rings. The Bertz CT molecular complexity index is 460. The van der Waals surface area contributed by atoms with Crippen LogP contribution in [-0.2, 0) is 11.2 Å². The van der Waals surface area contributed by atoms with Gasteiger partial charge in [0.2, 0.25) is 0 Å². The molecule has 0 aliphatic carbocycles. The maximum absolute atomic E-state index is 11.8. The lowest BCUT2D eigenvalue weighted by Crippen LogP contribution is -2.50. The van der Waals surface area contributed by atoms with Gasteiger partial charge in [-0.15, -0.1) is 0 Å². The van der Waals surface area contributed by atoms with Crippen LogP contribution in [0.3, 0.4) is 0 Å². The van der Waals surface area contributed by atoms with Crippen LogP contribution < -0.4 is 10.6 Å². The van der Waals surface area contributed by atoms with E-state index in [-0.39, 0.29) is 12.0 Å². The standard InChI is InChI=1S/C16H24N2O3/c1-11(2)14(15(19)20)18-16(21)17-12(3)9-10-13-7-5-4-6-8-13/h4-8,11-12,14H,9-10H2,1-3H3,(H,19,20)(H2,17,18,21)/t12-,14-/m0/s1. The average molecular weight is 292 g/mol. The van der Waals surface area contributed by atoms with Gasteiger partial charge in [-0.25, -0.2) is 9.59 Å². The normalized spacial score (nSPS) is 13.5. The number of rotatable bonds is 7. The van der Waals surface area contributed by atoms with Gasteiger partial charge in [0.1, 0.15) is 6.04 Å². The first-order chi connectivity index (χ1) is 9.90. The van der Waals surface area contributed by atoms with Crippen LogP contribution in [0.5, 0.6) is 0 Å². The molecule has 0 aliphatic heterocycles. The van der Waals surface area contributed by atoms with Gasteiger partial charge in [0, 0.05) is 6.04 Å². The van der Waals surface area contributed by atoms with Crippen molar-refractivity contribution in [2.75, 3.05) is 0 Å². The summed E-state index contributed by atoms with van der Waals surface area (Å²) in [4.78, 5) is 22.8. The summed E-state index contributed by atoms with van der Waals surface area (Å²) < 4.78 is 0. The van der Waals surface area contributed by atoms with Crippen LogP contribution >= 0.6 is 0 Å². The number of hydrogen-bond acceptors (Lipinski definition) is 2. The van der Waals surface area contributed by atoms with E-state index in [1.54, 1.807) is 13.8 Å². The molecule has 1 aromatic rings. The van der Waals surface area contributed by atoms with Crippen LogP contribution in [-0.4, -0.2) is 29.2 Å². The molecule has 116 valence electrons. The Morgan fingerprint density at radius 2 is 1.71 bits per heavy atom. The average Bonchev–Trinajstić information content (AvgIpc) is 2.43. The number of amides is 2. The van der Waals surface area contributed by atoms with Gasteiger partial charge in [0.05, 0.1) is 0 Å². The molecule has 0 aliphatic rings. The van der Waals surface area contributed by atoms with Crippen molar-refractivity contribution < 1.29 is 14.7 Å². The molecule has 5 nitrogen and oxygen atoms in total. The Hall–Kier alpha value is -2.04. The van der Waals surface area contributed by atoms with E-state index in [0.717, 1.165) is 12.8 Å². The van der Waals surface area contributed by atoms with Crippen LogP contribution in [0.25, 0.3) is 0 Å². The third kappa shape index (κ3) is 6.29. The molecular formula is C16H24N2O3. The highest BCUT2D eigenvalue weighted by molar-refractivity contribution is 5.82. The highest BCUT2D eigenvalue weighted by atomic mass is 16.4. The molecule has 5 heteroatoms. The molecule has 0 bridgehead atoms. The van der Waals surface area contributed by atoms with Gasteiger partial charge in [-0.2, -0.15) is 0 Å². The van der Waals surface area contributed by atoms with E-state index in [9.17, 15) is 9.59 Å². The molecular weight excluding hydrogens is 268 g/mol. The number of carbonyl (C=O) groups is 2. The molecule has 0 saturated carbocycles. The summed E-state index contributed by atoms with van der Waals surface area (Å²) in [6, 6.07) is 8.71. The molecule has 3 N–H and O–H groups in total. The van der Waals surface area contributed by atoms with Crippen molar-refractivity contribution in [3.05, 3.63) is 35.9 Å². The van der Waals surface area contributed by atoms with E-state index >= 15 is 0 Å². The first kappa shape index (κ1) is 17.0. The molecule has 21 heavy (non-hydrogen) atoms. The first-order valence-electron chi connectivity index (χ1n) is 7.24. The van der Waals surface area contributed by atoms with Gasteiger partial charge >= 0.3 is 12.0 Å². The van der Waals surface area contributed by atoms with Crippen molar-refractivity contribution in [1.29, 1.82) is 0 Å². The predicted octanol–water partition coefficient (Wildman–Crippen LogP) is 2.42. The minimum atomic E-state index is -1.02. The third-order valence-corrected chi connectivity index (χ3v) is 3.31. The number of hydrogen-bond donors (Lipinski definition) is 3. The minimum absolute atomic E-state index is 0.0215. The number of carboxylic acid groups (broad SMARTS) is 1. The van der Waals surface area contributed by atoms with Crippen molar-refractivity contribution in [3.63, 3.8) is 0 Å². The maximum Gasteiger partial charge on any atom is 0.326 e. The van der Waals surface area contributed by atoms with E-state index in [1.807, 2.05) is 37.3 Å². The molecule has 1 aromatic carbocycles. The highest BCUT2D eigenvalue weighted by Gasteiger charge is 2.23. The number of urea groups is 1. The minimum Gasteiger partial charge on any atom is -0.480 e. The molecule has 2 amide bonds. The molecule has 0 unspecified atom stereocenters. The van der Waals surface area contributed by atoms with Crippen LogP contribution in [0.4, 0.5) is 4.79 Å². The van der Waals surface area contributed by atoms with Crippen molar-refractivity contribution in [3.8, 4) is 0 Å². The Morgan fingerprint density at radius 1 is 1.10 bits per heavy atom. The largest absolute Gasteiger partial charge is 0.480 e. The second-order valence-electron chi connectivity index (χ2n) is 5.60. The molecule has 0 heterocycles. The van der Waals surface area contributed by atoms with Crippen LogP contribution in [0.1, 0.15) is 32.8 Å². The van der Waals surface area contributed by atoms with Crippen molar-refractivity contribution in [1.82, 2.24) is 10.6 Å². The SMILES string of the molecule is CC(C)[C@H](NC(=O)N[C@@H](C)CCc1ccccc1)C(=O)O. The molecule has 0 spiro atoms. The summed E-state index contributed by atoms with van der Waals surface area (Å²) in [6.07, 6.45) is 1.67. The lowest BCUT2D eigenvalue weighted by molar-refractivity contribution is -0.140. The summed E-state index contributed by atoms with van der Waals surface area (Å²) in [7, 11) is 0. The zero-order chi connectivity index (χ0) is 15.8. The van der Waals surface area contributed by atoms with E-state index < -0.39 is 18.0 Å². The maximum atomic E-state index is 11.8.